The van der Waals surface area contributed by atoms with Gasteiger partial charge >= 0.3 is 12.5 Å². The molecule has 1 amide bonds. The lowest BCUT2D eigenvalue weighted by molar-refractivity contribution is -0.120. The van der Waals surface area contributed by atoms with Gasteiger partial charge in [-0.25, -0.2) is 0 Å². The van der Waals surface area contributed by atoms with Gasteiger partial charge in [0.1, 0.15) is 0 Å². The summed E-state index contributed by atoms with van der Waals surface area (Å²) >= 11 is 0. The topological polar surface area (TPSA) is 70.4 Å². The first-order valence-electron chi connectivity index (χ1n) is 6.31. The molecule has 0 aliphatic carbocycles. The first-order chi connectivity index (χ1) is 9.33. The zero-order chi connectivity index (χ0) is 13.8. The maximum absolute atomic E-state index is 11.2. The Morgan fingerprint density at radius 3 is 2.42 bits per heavy atom. The Bertz CT molecular complexity index is 280. The molecule has 1 rings (SSSR count). The average molecular weight is 273 g/mol. The molecule has 0 aromatic rings. The van der Waals surface area contributed by atoms with E-state index in [4.69, 9.17) is 25.5 Å². The third kappa shape index (κ3) is 8.51. The molecule has 1 saturated heterocycles. The summed E-state index contributed by atoms with van der Waals surface area (Å²) in [5.41, 5.74) is 0. The van der Waals surface area contributed by atoms with Crippen LogP contribution >= 0.6 is 0 Å². The molecule has 7 heteroatoms. The second-order valence-corrected chi connectivity index (χ2v) is 3.94. The minimum atomic E-state index is -0.239. The molecule has 0 saturated carbocycles. The highest BCUT2D eigenvalue weighted by Crippen LogP contribution is 1.95. The summed E-state index contributed by atoms with van der Waals surface area (Å²) in [7, 11) is 0. The van der Waals surface area contributed by atoms with Crippen LogP contribution in [-0.4, -0.2) is 71.3 Å². The van der Waals surface area contributed by atoms with Crippen molar-refractivity contribution in [2.75, 3.05) is 59.3 Å². The molecule has 1 atom stereocenters. The molecule has 7 nitrogen and oxygen atoms in total. The number of rotatable bonds is 3. The molecule has 0 radical (unpaired) electrons. The van der Waals surface area contributed by atoms with E-state index in [1.807, 2.05) is 0 Å². The van der Waals surface area contributed by atoms with Crippen LogP contribution in [0, 0.1) is 6.57 Å². The van der Waals surface area contributed by atoms with Crippen LogP contribution in [0.5, 0.6) is 0 Å². The highest BCUT2D eigenvalue weighted by molar-refractivity contribution is 5.79. The van der Waals surface area contributed by atoms with E-state index in [1.54, 1.807) is 0 Å². The van der Waals surface area contributed by atoms with Crippen molar-refractivity contribution >= 4 is 5.91 Å². The van der Waals surface area contributed by atoms with Gasteiger partial charge in [-0.05, 0) is 0 Å². The molecule has 19 heavy (non-hydrogen) atoms. The fraction of sp³-hybridized carbons (Fsp3) is 0.833. The van der Waals surface area contributed by atoms with Crippen molar-refractivity contribution in [1.29, 1.82) is 0 Å². The van der Waals surface area contributed by atoms with E-state index in [0.29, 0.717) is 52.8 Å². The van der Waals surface area contributed by atoms with Crippen LogP contribution in [0.3, 0.4) is 0 Å². The summed E-state index contributed by atoms with van der Waals surface area (Å²) in [6, 6.07) is 0. The van der Waals surface area contributed by atoms with Crippen molar-refractivity contribution in [2.45, 2.75) is 6.10 Å². The second kappa shape index (κ2) is 10.7. The first-order valence-corrected chi connectivity index (χ1v) is 6.31. The number of hydrogen-bond donors (Lipinski definition) is 1. The lowest BCUT2D eigenvalue weighted by atomic mass is 10.3. The average Bonchev–Trinajstić information content (AvgIpc) is 2.38. The minimum absolute atomic E-state index is 0.0511. The molecule has 0 spiro atoms. The molecule has 0 aromatic heterocycles. The van der Waals surface area contributed by atoms with Gasteiger partial charge in [0.15, 0.2) is 0 Å². The van der Waals surface area contributed by atoms with Crippen LogP contribution in [0.1, 0.15) is 0 Å². The highest BCUT2D eigenvalue weighted by atomic mass is 16.6. The van der Waals surface area contributed by atoms with Crippen molar-refractivity contribution in [3.8, 4) is 6.57 Å². The van der Waals surface area contributed by atoms with E-state index in [-0.39, 0.29) is 18.6 Å². The number of ether oxygens (including phenoxy) is 4. The lowest BCUT2D eigenvalue weighted by Gasteiger charge is -2.19. The van der Waals surface area contributed by atoms with Crippen LogP contribution in [0.2, 0.25) is 0 Å². The molecule has 1 heterocycles. The van der Waals surface area contributed by atoms with E-state index in [9.17, 15) is 4.79 Å². The molecule has 1 N–H and O–H groups in total. The van der Waals surface area contributed by atoms with E-state index in [0.717, 1.165) is 0 Å². The molecule has 1 aliphatic rings. The predicted molar refractivity (Wildman–Crippen MR) is 68.4 cm³/mol. The molecular weight excluding hydrogens is 252 g/mol. The van der Waals surface area contributed by atoms with Crippen molar-refractivity contribution < 1.29 is 23.7 Å². The van der Waals surface area contributed by atoms with Gasteiger partial charge in [-0.3, -0.25) is 4.79 Å². The summed E-state index contributed by atoms with van der Waals surface area (Å²) < 4.78 is 21.6. The Labute approximate surface area is 113 Å². The standard InChI is InChI=1S/C12H20N2O5/c1-13-9-12(15)14-8-11-10-18-5-4-16-2-3-17-6-7-19-11/h1,11H,2-10H2/p+1. The van der Waals surface area contributed by atoms with Gasteiger partial charge in [0.2, 0.25) is 0 Å². The molecule has 1 aliphatic heterocycles. The van der Waals surface area contributed by atoms with Crippen LogP contribution in [-0.2, 0) is 23.7 Å². The van der Waals surface area contributed by atoms with Gasteiger partial charge in [0, 0.05) is 6.54 Å². The third-order valence-electron chi connectivity index (χ3n) is 2.39. The molecule has 0 bridgehead atoms. The summed E-state index contributed by atoms with van der Waals surface area (Å²) in [5.74, 6) is -0.239. The highest BCUT2D eigenvalue weighted by Gasteiger charge is 2.13. The van der Waals surface area contributed by atoms with Crippen molar-refractivity contribution in [3.63, 3.8) is 0 Å². The number of nitrogens with zero attached hydrogens (tertiary/aromatic N) is 1. The predicted octanol–water partition coefficient (Wildman–Crippen LogP) is -0.486. The second-order valence-electron chi connectivity index (χ2n) is 3.94. The van der Waals surface area contributed by atoms with Crippen molar-refractivity contribution in [1.82, 2.24) is 5.32 Å². The van der Waals surface area contributed by atoms with Gasteiger partial charge < -0.3 is 24.3 Å². The number of amides is 1. The molecule has 108 valence electrons. The Balaban J connectivity index is 2.26. The largest absolute Gasteiger partial charge is 0.377 e. The van der Waals surface area contributed by atoms with Gasteiger partial charge in [0.05, 0.1) is 52.4 Å². The number of hydrogen-bond acceptors (Lipinski definition) is 5. The fourth-order valence-corrected chi connectivity index (χ4v) is 1.46. The molecule has 1 unspecified atom stereocenters. The Morgan fingerprint density at radius 2 is 1.74 bits per heavy atom. The van der Waals surface area contributed by atoms with E-state index in [2.05, 4.69) is 10.2 Å². The van der Waals surface area contributed by atoms with Crippen LogP contribution < -0.4 is 5.32 Å². The van der Waals surface area contributed by atoms with E-state index in [1.165, 1.54) is 0 Å². The van der Waals surface area contributed by atoms with Gasteiger partial charge in [-0.2, -0.15) is 0 Å². The summed E-state index contributed by atoms with van der Waals surface area (Å²) in [6.07, 6.45) is -0.218. The Hall–Kier alpha value is -1.20. The van der Waals surface area contributed by atoms with E-state index < -0.39 is 0 Å². The summed E-state index contributed by atoms with van der Waals surface area (Å²) in [4.78, 5) is 14.5. The zero-order valence-corrected chi connectivity index (χ0v) is 11.0. The normalized spacial score (nSPS) is 22.6. The Kier molecular flexibility index (Phi) is 8.93. The quantitative estimate of drug-likeness (QED) is 0.751. The third-order valence-corrected chi connectivity index (χ3v) is 2.39. The molecular formula is C12H21N2O5+. The number of carbonyl (C=O) groups excluding carboxylic acids is 1. The zero-order valence-electron chi connectivity index (χ0n) is 11.0. The van der Waals surface area contributed by atoms with E-state index >= 15 is 0 Å². The Morgan fingerprint density at radius 1 is 1.11 bits per heavy atom. The maximum Gasteiger partial charge on any atom is 0.339 e. The van der Waals surface area contributed by atoms with Crippen LogP contribution in [0.4, 0.5) is 0 Å². The molecule has 1 fully saturated rings. The molecule has 0 aromatic carbocycles. The summed E-state index contributed by atoms with van der Waals surface area (Å²) in [6.45, 7) is 8.69. The smallest absolute Gasteiger partial charge is 0.339 e. The van der Waals surface area contributed by atoms with Crippen molar-refractivity contribution in [2.24, 2.45) is 0 Å². The van der Waals surface area contributed by atoms with Crippen molar-refractivity contribution in [3.05, 3.63) is 4.85 Å². The number of carbonyl (C=O) groups is 1. The van der Waals surface area contributed by atoms with Crippen LogP contribution in [0.15, 0.2) is 0 Å². The minimum Gasteiger partial charge on any atom is -0.377 e. The SMILES string of the molecule is C#[N+]CC(=O)NCC1COCCOCCOCCO1. The van der Waals surface area contributed by atoms with Gasteiger partial charge in [-0.1, -0.05) is 4.85 Å². The number of nitrogens with one attached hydrogen (secondary N) is 1. The van der Waals surface area contributed by atoms with Crippen LogP contribution in [0.25, 0.3) is 4.85 Å². The van der Waals surface area contributed by atoms with Gasteiger partial charge in [-0.15, -0.1) is 0 Å². The first kappa shape index (κ1) is 15.9. The fourth-order valence-electron chi connectivity index (χ4n) is 1.46. The summed E-state index contributed by atoms with van der Waals surface area (Å²) in [5, 5.41) is 2.68. The van der Waals surface area contributed by atoms with Gasteiger partial charge in [0.25, 0.3) is 6.57 Å². The lowest BCUT2D eigenvalue weighted by Crippen LogP contribution is -2.38. The monoisotopic (exact) mass is 273 g/mol. The maximum atomic E-state index is 11.2.